The van der Waals surface area contributed by atoms with Gasteiger partial charge >= 0.3 is 0 Å². The second-order valence-electron chi connectivity index (χ2n) is 4.47. The maximum absolute atomic E-state index is 12.0. The summed E-state index contributed by atoms with van der Waals surface area (Å²) < 4.78 is 11.0. The molecule has 0 aromatic heterocycles. The zero-order valence-corrected chi connectivity index (χ0v) is 12.9. The highest BCUT2D eigenvalue weighted by Crippen LogP contribution is 2.17. The average Bonchev–Trinajstić information content (AvgIpc) is 2.42. The molecule has 106 valence electrons. The predicted octanol–water partition coefficient (Wildman–Crippen LogP) is 2.20. The van der Waals surface area contributed by atoms with Crippen molar-refractivity contribution >= 4 is 21.8 Å². The highest BCUT2D eigenvalue weighted by atomic mass is 79.9. The summed E-state index contributed by atoms with van der Waals surface area (Å²) in [5, 5.41) is 0. The van der Waals surface area contributed by atoms with Gasteiger partial charge in [-0.1, -0.05) is 22.9 Å². The van der Waals surface area contributed by atoms with Crippen molar-refractivity contribution in [2.75, 3.05) is 32.9 Å². The van der Waals surface area contributed by atoms with Gasteiger partial charge in [-0.15, -0.1) is 0 Å². The molecule has 4 nitrogen and oxygen atoms in total. The van der Waals surface area contributed by atoms with Crippen molar-refractivity contribution < 1.29 is 14.3 Å². The van der Waals surface area contributed by atoms with Gasteiger partial charge in [0.25, 0.3) is 0 Å². The number of piperidine rings is 1. The molecule has 18 heavy (non-hydrogen) atoms. The molecular formula is C13H24BrNO3. The van der Waals surface area contributed by atoms with E-state index >= 15 is 0 Å². The lowest BCUT2D eigenvalue weighted by molar-refractivity contribution is -0.133. The number of rotatable bonds is 7. The smallest absolute Gasteiger partial charge is 0.236 e. The Morgan fingerprint density at radius 3 is 2.56 bits per heavy atom. The molecule has 0 spiro atoms. The number of carbonyl (C=O) groups excluding carboxylic acids is 1. The topological polar surface area (TPSA) is 38.8 Å². The third kappa shape index (κ3) is 5.24. The van der Waals surface area contributed by atoms with Gasteiger partial charge in [0.1, 0.15) is 0 Å². The minimum absolute atomic E-state index is 0.0343. The van der Waals surface area contributed by atoms with Gasteiger partial charge in [0.05, 0.1) is 24.1 Å². The van der Waals surface area contributed by atoms with E-state index in [1.807, 2.05) is 18.7 Å². The van der Waals surface area contributed by atoms with Crippen LogP contribution in [0.1, 0.15) is 33.1 Å². The molecule has 1 amide bonds. The number of halogens is 1. The first-order chi connectivity index (χ1) is 8.69. The number of nitrogens with zero attached hydrogens (tertiary/aromatic N) is 1. The van der Waals surface area contributed by atoms with Crippen LogP contribution in [0, 0.1) is 0 Å². The number of hydrogen-bond acceptors (Lipinski definition) is 3. The van der Waals surface area contributed by atoms with Crippen molar-refractivity contribution in [1.29, 1.82) is 0 Å². The van der Waals surface area contributed by atoms with Crippen molar-refractivity contribution in [1.82, 2.24) is 4.90 Å². The van der Waals surface area contributed by atoms with Crippen LogP contribution in [0.15, 0.2) is 0 Å². The Hall–Kier alpha value is -0.130. The molecule has 1 aliphatic heterocycles. The van der Waals surface area contributed by atoms with Gasteiger partial charge in [0.15, 0.2) is 0 Å². The molecule has 1 atom stereocenters. The lowest BCUT2D eigenvalue weighted by atomic mass is 10.1. The van der Waals surface area contributed by atoms with E-state index in [9.17, 15) is 4.79 Å². The van der Waals surface area contributed by atoms with Crippen LogP contribution in [0.2, 0.25) is 0 Å². The monoisotopic (exact) mass is 321 g/mol. The highest BCUT2D eigenvalue weighted by Gasteiger charge is 2.26. The molecule has 0 saturated carbocycles. The molecule has 0 radical (unpaired) electrons. The first-order valence-electron chi connectivity index (χ1n) is 6.81. The van der Waals surface area contributed by atoms with Crippen LogP contribution in [0.25, 0.3) is 0 Å². The fourth-order valence-electron chi connectivity index (χ4n) is 2.03. The Morgan fingerprint density at radius 1 is 1.33 bits per heavy atom. The highest BCUT2D eigenvalue weighted by molar-refractivity contribution is 9.10. The first-order valence-corrected chi connectivity index (χ1v) is 7.72. The van der Waals surface area contributed by atoms with E-state index in [0.717, 1.165) is 39.0 Å². The summed E-state index contributed by atoms with van der Waals surface area (Å²) in [6, 6.07) is 0. The second-order valence-corrected chi connectivity index (χ2v) is 5.57. The van der Waals surface area contributed by atoms with Crippen LogP contribution in [0.3, 0.4) is 0 Å². The molecule has 1 rings (SSSR count). The molecule has 1 saturated heterocycles. The van der Waals surface area contributed by atoms with Gasteiger partial charge in [-0.3, -0.25) is 4.79 Å². The largest absolute Gasteiger partial charge is 0.379 e. The second kappa shape index (κ2) is 8.88. The molecule has 0 aliphatic carbocycles. The van der Waals surface area contributed by atoms with Gasteiger partial charge in [0, 0.05) is 19.7 Å². The third-order valence-electron chi connectivity index (χ3n) is 3.17. The Balaban J connectivity index is 2.18. The predicted molar refractivity (Wildman–Crippen MR) is 75.1 cm³/mol. The minimum Gasteiger partial charge on any atom is -0.379 e. The molecule has 1 aliphatic rings. The average molecular weight is 322 g/mol. The Bertz CT molecular complexity index is 242. The summed E-state index contributed by atoms with van der Waals surface area (Å²) in [5.74, 6) is 0.213. The summed E-state index contributed by atoms with van der Waals surface area (Å²) in [7, 11) is 0. The Morgan fingerprint density at radius 2 is 2.00 bits per heavy atom. The van der Waals surface area contributed by atoms with Crippen molar-refractivity contribution in [3.05, 3.63) is 0 Å². The number of carbonyl (C=O) groups is 1. The third-order valence-corrected chi connectivity index (χ3v) is 4.20. The van der Waals surface area contributed by atoms with E-state index in [-0.39, 0.29) is 16.8 Å². The van der Waals surface area contributed by atoms with Crippen molar-refractivity contribution in [2.45, 2.75) is 44.0 Å². The molecule has 1 heterocycles. The standard InChI is InChI=1S/C13H24BrNO3/c1-3-12(14)13(16)15-7-5-11(6-8-15)18-10-9-17-4-2/h11-12H,3-10H2,1-2H3. The summed E-state index contributed by atoms with van der Waals surface area (Å²) in [6.07, 6.45) is 2.98. The lowest BCUT2D eigenvalue weighted by Gasteiger charge is -2.33. The number of alkyl halides is 1. The summed E-state index contributed by atoms with van der Waals surface area (Å²) >= 11 is 3.41. The number of likely N-dealkylation sites (tertiary alicyclic amines) is 1. The number of hydrogen-bond donors (Lipinski definition) is 0. The number of amides is 1. The van der Waals surface area contributed by atoms with E-state index in [2.05, 4.69) is 15.9 Å². The maximum Gasteiger partial charge on any atom is 0.236 e. The van der Waals surface area contributed by atoms with Gasteiger partial charge in [-0.25, -0.2) is 0 Å². The van der Waals surface area contributed by atoms with Gasteiger partial charge in [0.2, 0.25) is 5.91 Å². The lowest BCUT2D eigenvalue weighted by Crippen LogP contribution is -2.44. The maximum atomic E-state index is 12.0. The fourth-order valence-corrected chi connectivity index (χ4v) is 2.32. The van der Waals surface area contributed by atoms with E-state index in [1.54, 1.807) is 0 Å². The zero-order valence-electron chi connectivity index (χ0n) is 11.4. The first kappa shape index (κ1) is 15.9. The van der Waals surface area contributed by atoms with Crippen molar-refractivity contribution in [3.8, 4) is 0 Å². The van der Waals surface area contributed by atoms with E-state index < -0.39 is 0 Å². The Kier molecular flexibility index (Phi) is 7.86. The molecule has 0 aromatic rings. The van der Waals surface area contributed by atoms with Crippen molar-refractivity contribution in [2.24, 2.45) is 0 Å². The van der Waals surface area contributed by atoms with Crippen molar-refractivity contribution in [3.63, 3.8) is 0 Å². The van der Waals surface area contributed by atoms with Crippen LogP contribution in [-0.4, -0.2) is 54.6 Å². The normalized spacial score (nSPS) is 18.9. The van der Waals surface area contributed by atoms with Crippen LogP contribution in [0.5, 0.6) is 0 Å². The van der Waals surface area contributed by atoms with Gasteiger partial charge in [-0.2, -0.15) is 0 Å². The Labute approximate surface area is 118 Å². The molecule has 0 aromatic carbocycles. The van der Waals surface area contributed by atoms with E-state index in [4.69, 9.17) is 9.47 Å². The molecule has 1 unspecified atom stereocenters. The zero-order chi connectivity index (χ0) is 13.4. The SMILES string of the molecule is CCOCCOC1CCN(C(=O)C(Br)CC)CC1. The fraction of sp³-hybridized carbons (Fsp3) is 0.923. The summed E-state index contributed by atoms with van der Waals surface area (Å²) in [4.78, 5) is 13.9. The van der Waals surface area contributed by atoms with Gasteiger partial charge < -0.3 is 14.4 Å². The molecule has 5 heteroatoms. The molecule has 1 fully saturated rings. The molecule has 0 N–H and O–H groups in total. The van der Waals surface area contributed by atoms with Gasteiger partial charge in [-0.05, 0) is 26.2 Å². The van der Waals surface area contributed by atoms with Crippen LogP contribution >= 0.6 is 15.9 Å². The minimum atomic E-state index is -0.0343. The summed E-state index contributed by atoms with van der Waals surface area (Å²) in [6.45, 7) is 7.66. The number of ether oxygens (including phenoxy) is 2. The molecule has 0 bridgehead atoms. The summed E-state index contributed by atoms with van der Waals surface area (Å²) in [5.41, 5.74) is 0. The van der Waals surface area contributed by atoms with Crippen LogP contribution < -0.4 is 0 Å². The van der Waals surface area contributed by atoms with E-state index in [0.29, 0.717) is 13.2 Å². The molecular weight excluding hydrogens is 298 g/mol. The van der Waals surface area contributed by atoms with E-state index in [1.165, 1.54) is 0 Å². The van der Waals surface area contributed by atoms with Crippen LogP contribution in [-0.2, 0) is 14.3 Å². The van der Waals surface area contributed by atoms with Crippen LogP contribution in [0.4, 0.5) is 0 Å². The quantitative estimate of drug-likeness (QED) is 0.533.